The number of benzene rings is 2. The van der Waals surface area contributed by atoms with Gasteiger partial charge in [0.1, 0.15) is 5.01 Å². The summed E-state index contributed by atoms with van der Waals surface area (Å²) in [6.45, 7) is 0. The standard InChI is InChI=1S/C22H18N4O3S2/c1-31(28,29)26-18-9-7-15(8-10-18)21(27)24-19-6-2-4-16(12-19)20-14-30-22(25-20)17-5-3-11-23-13-17/h2-14,26H,1H3,(H,24,27). The number of aromatic nitrogens is 2. The van der Waals surface area contributed by atoms with Gasteiger partial charge in [-0.05, 0) is 48.5 Å². The molecule has 4 aromatic rings. The van der Waals surface area contributed by atoms with Crippen LogP contribution in [0, 0.1) is 0 Å². The second-order valence-corrected chi connectivity index (χ2v) is 9.37. The number of hydrogen-bond acceptors (Lipinski definition) is 6. The summed E-state index contributed by atoms with van der Waals surface area (Å²) in [6.07, 6.45) is 4.57. The summed E-state index contributed by atoms with van der Waals surface area (Å²) in [4.78, 5) is 21.4. The molecule has 2 aromatic carbocycles. The molecular formula is C22H18N4O3S2. The average molecular weight is 451 g/mol. The number of carbonyl (C=O) groups excluding carboxylic acids is 1. The van der Waals surface area contributed by atoms with Crippen molar-refractivity contribution in [3.05, 3.63) is 84.0 Å². The highest BCUT2D eigenvalue weighted by Gasteiger charge is 2.10. The van der Waals surface area contributed by atoms with Gasteiger partial charge in [-0.15, -0.1) is 11.3 Å². The Morgan fingerprint density at radius 2 is 1.74 bits per heavy atom. The molecule has 7 nitrogen and oxygen atoms in total. The number of carbonyl (C=O) groups is 1. The lowest BCUT2D eigenvalue weighted by atomic mass is 10.1. The summed E-state index contributed by atoms with van der Waals surface area (Å²) in [5, 5.41) is 5.71. The maximum Gasteiger partial charge on any atom is 0.255 e. The molecule has 0 fully saturated rings. The molecule has 31 heavy (non-hydrogen) atoms. The van der Waals surface area contributed by atoms with Crippen LogP contribution in [-0.2, 0) is 10.0 Å². The molecule has 0 unspecified atom stereocenters. The summed E-state index contributed by atoms with van der Waals surface area (Å²) >= 11 is 1.53. The van der Waals surface area contributed by atoms with E-state index in [4.69, 9.17) is 0 Å². The van der Waals surface area contributed by atoms with Crippen LogP contribution in [-0.4, -0.2) is 30.5 Å². The third-order valence-electron chi connectivity index (χ3n) is 4.28. The van der Waals surface area contributed by atoms with Crippen molar-refractivity contribution in [3.8, 4) is 21.8 Å². The Morgan fingerprint density at radius 1 is 0.968 bits per heavy atom. The normalized spacial score (nSPS) is 11.1. The Hall–Kier alpha value is -3.56. The number of pyridine rings is 1. The highest BCUT2D eigenvalue weighted by atomic mass is 32.2. The number of nitrogens with one attached hydrogen (secondary N) is 2. The molecule has 0 saturated heterocycles. The molecule has 0 atom stereocenters. The summed E-state index contributed by atoms with van der Waals surface area (Å²) in [7, 11) is -3.37. The van der Waals surface area contributed by atoms with Crippen LogP contribution < -0.4 is 10.0 Å². The minimum atomic E-state index is -3.37. The lowest BCUT2D eigenvalue weighted by molar-refractivity contribution is 0.102. The second-order valence-electron chi connectivity index (χ2n) is 6.77. The van der Waals surface area contributed by atoms with E-state index in [1.54, 1.807) is 42.7 Å². The van der Waals surface area contributed by atoms with E-state index in [1.807, 2.05) is 35.7 Å². The Labute approximate surface area is 183 Å². The smallest absolute Gasteiger partial charge is 0.255 e. The van der Waals surface area contributed by atoms with Gasteiger partial charge in [0, 0.05) is 45.8 Å². The van der Waals surface area contributed by atoms with Crippen LogP contribution in [0.15, 0.2) is 78.4 Å². The van der Waals surface area contributed by atoms with Crippen LogP contribution in [0.4, 0.5) is 11.4 Å². The maximum absolute atomic E-state index is 12.6. The first-order valence-electron chi connectivity index (χ1n) is 9.23. The van der Waals surface area contributed by atoms with Crippen molar-refractivity contribution < 1.29 is 13.2 Å². The lowest BCUT2D eigenvalue weighted by Crippen LogP contribution is -2.13. The van der Waals surface area contributed by atoms with Gasteiger partial charge in [-0.1, -0.05) is 12.1 Å². The van der Waals surface area contributed by atoms with E-state index in [-0.39, 0.29) is 5.91 Å². The van der Waals surface area contributed by atoms with E-state index in [1.165, 1.54) is 11.3 Å². The number of rotatable bonds is 6. The molecule has 0 bridgehead atoms. The van der Waals surface area contributed by atoms with E-state index >= 15 is 0 Å². The van der Waals surface area contributed by atoms with Gasteiger partial charge in [0.25, 0.3) is 5.91 Å². The molecule has 2 heterocycles. The summed E-state index contributed by atoms with van der Waals surface area (Å²) in [5.74, 6) is -0.294. The molecule has 0 saturated carbocycles. The van der Waals surface area contributed by atoms with Gasteiger partial charge in [-0.2, -0.15) is 0 Å². The number of nitrogens with zero attached hydrogens (tertiary/aromatic N) is 2. The topological polar surface area (TPSA) is 101 Å². The zero-order valence-corrected chi connectivity index (χ0v) is 18.1. The Kier molecular flexibility index (Phi) is 5.79. The third kappa shape index (κ3) is 5.33. The fourth-order valence-corrected chi connectivity index (χ4v) is 4.28. The molecule has 2 aromatic heterocycles. The molecule has 1 amide bonds. The fourth-order valence-electron chi connectivity index (χ4n) is 2.89. The molecule has 2 N–H and O–H groups in total. The molecule has 0 radical (unpaired) electrons. The molecule has 0 aliphatic carbocycles. The molecule has 0 aliphatic heterocycles. The van der Waals surface area contributed by atoms with Crippen LogP contribution in [0.25, 0.3) is 21.8 Å². The van der Waals surface area contributed by atoms with Crippen LogP contribution in [0.5, 0.6) is 0 Å². The number of thiazole rings is 1. The number of hydrogen-bond donors (Lipinski definition) is 2. The predicted molar refractivity (Wildman–Crippen MR) is 124 cm³/mol. The number of amides is 1. The third-order valence-corrected chi connectivity index (χ3v) is 5.78. The van der Waals surface area contributed by atoms with Crippen molar-refractivity contribution in [3.63, 3.8) is 0 Å². The van der Waals surface area contributed by atoms with Crippen molar-refractivity contribution in [2.24, 2.45) is 0 Å². The molecule has 4 rings (SSSR count). The van der Waals surface area contributed by atoms with Gasteiger partial charge in [-0.3, -0.25) is 14.5 Å². The first-order valence-corrected chi connectivity index (χ1v) is 12.0. The molecule has 9 heteroatoms. The summed E-state index contributed by atoms with van der Waals surface area (Å²) in [6, 6.07) is 17.5. The van der Waals surface area contributed by atoms with Gasteiger partial charge >= 0.3 is 0 Å². The van der Waals surface area contributed by atoms with Crippen molar-refractivity contribution in [1.29, 1.82) is 0 Å². The maximum atomic E-state index is 12.6. The monoisotopic (exact) mass is 450 g/mol. The van der Waals surface area contributed by atoms with E-state index in [9.17, 15) is 13.2 Å². The molecule has 0 spiro atoms. The van der Waals surface area contributed by atoms with Crippen molar-refractivity contribution >= 4 is 38.6 Å². The van der Waals surface area contributed by atoms with Gasteiger partial charge in [-0.25, -0.2) is 13.4 Å². The van der Waals surface area contributed by atoms with Gasteiger partial charge in [0.15, 0.2) is 0 Å². The minimum Gasteiger partial charge on any atom is -0.322 e. The van der Waals surface area contributed by atoms with Crippen LogP contribution in [0.3, 0.4) is 0 Å². The van der Waals surface area contributed by atoms with Crippen molar-refractivity contribution in [1.82, 2.24) is 9.97 Å². The predicted octanol–water partition coefficient (Wildman–Crippen LogP) is 4.50. The highest BCUT2D eigenvalue weighted by molar-refractivity contribution is 7.92. The molecular weight excluding hydrogens is 432 g/mol. The van der Waals surface area contributed by atoms with Gasteiger partial charge < -0.3 is 5.32 Å². The zero-order valence-electron chi connectivity index (χ0n) is 16.4. The SMILES string of the molecule is CS(=O)(=O)Nc1ccc(C(=O)Nc2cccc(-c3csc(-c4cccnc4)n3)c2)cc1. The first kappa shape index (κ1) is 20.7. The quantitative estimate of drug-likeness (QED) is 0.451. The Balaban J connectivity index is 1.49. The van der Waals surface area contributed by atoms with Crippen LogP contribution in [0.1, 0.15) is 10.4 Å². The van der Waals surface area contributed by atoms with Crippen molar-refractivity contribution in [2.45, 2.75) is 0 Å². The number of sulfonamides is 1. The molecule has 156 valence electrons. The van der Waals surface area contributed by atoms with Crippen LogP contribution in [0.2, 0.25) is 0 Å². The van der Waals surface area contributed by atoms with Gasteiger partial charge in [0.05, 0.1) is 11.9 Å². The Bertz CT molecular complexity index is 1320. The zero-order chi connectivity index (χ0) is 21.8. The largest absolute Gasteiger partial charge is 0.322 e. The number of anilines is 2. The highest BCUT2D eigenvalue weighted by Crippen LogP contribution is 2.29. The average Bonchev–Trinajstić information content (AvgIpc) is 3.24. The Morgan fingerprint density at radius 3 is 2.45 bits per heavy atom. The van der Waals surface area contributed by atoms with E-state index in [2.05, 4.69) is 20.0 Å². The van der Waals surface area contributed by atoms with E-state index in [0.717, 1.165) is 28.1 Å². The fraction of sp³-hybridized carbons (Fsp3) is 0.0455. The summed E-state index contributed by atoms with van der Waals surface area (Å²) < 4.78 is 25.0. The van der Waals surface area contributed by atoms with Crippen LogP contribution >= 0.6 is 11.3 Å². The summed E-state index contributed by atoms with van der Waals surface area (Å²) in [5.41, 5.74) is 4.10. The first-order chi connectivity index (χ1) is 14.9. The molecule has 0 aliphatic rings. The van der Waals surface area contributed by atoms with E-state index < -0.39 is 10.0 Å². The van der Waals surface area contributed by atoms with E-state index in [0.29, 0.717) is 16.9 Å². The minimum absolute atomic E-state index is 0.294. The van der Waals surface area contributed by atoms with Crippen molar-refractivity contribution in [2.75, 3.05) is 16.3 Å². The lowest BCUT2D eigenvalue weighted by Gasteiger charge is -2.08. The van der Waals surface area contributed by atoms with Gasteiger partial charge in [0.2, 0.25) is 10.0 Å². The second kappa shape index (κ2) is 8.66.